The van der Waals surface area contributed by atoms with E-state index in [-0.39, 0.29) is 42.8 Å². The predicted molar refractivity (Wildman–Crippen MR) is 125 cm³/mol. The van der Waals surface area contributed by atoms with E-state index in [1.54, 1.807) is 35.2 Å². The third-order valence-electron chi connectivity index (χ3n) is 5.83. The maximum Gasteiger partial charge on any atom is 0.253 e. The standard InChI is InChI=1S/C25H23FN2O6S/c26-19-3-7-21(8-4-19)34-20-5-1-18(2-6-20)25(29)27-11-13-28(14-12-27)35(30,31)22-9-10-23-24(17-22)33-16-15-32-23/h1-10,17H,11-16H2. The summed E-state index contributed by atoms with van der Waals surface area (Å²) in [7, 11) is -3.73. The van der Waals surface area contributed by atoms with Crippen molar-refractivity contribution in [3.05, 3.63) is 78.1 Å². The number of fused-ring (bicyclic) bond motifs is 1. The minimum Gasteiger partial charge on any atom is -0.486 e. The summed E-state index contributed by atoms with van der Waals surface area (Å²) in [5.41, 5.74) is 0.472. The zero-order chi connectivity index (χ0) is 24.4. The molecule has 10 heteroatoms. The molecule has 182 valence electrons. The van der Waals surface area contributed by atoms with E-state index in [4.69, 9.17) is 14.2 Å². The van der Waals surface area contributed by atoms with Crippen LogP contribution in [-0.2, 0) is 10.0 Å². The van der Waals surface area contributed by atoms with Crippen LogP contribution >= 0.6 is 0 Å². The van der Waals surface area contributed by atoms with Gasteiger partial charge in [0.2, 0.25) is 10.0 Å². The summed E-state index contributed by atoms with van der Waals surface area (Å²) in [6.45, 7) is 1.73. The average Bonchev–Trinajstić information content (AvgIpc) is 2.90. The van der Waals surface area contributed by atoms with Crippen molar-refractivity contribution in [2.75, 3.05) is 39.4 Å². The van der Waals surface area contributed by atoms with Crippen LogP contribution in [0.1, 0.15) is 10.4 Å². The molecule has 0 aliphatic carbocycles. The summed E-state index contributed by atoms with van der Waals surface area (Å²) in [6, 6.07) is 16.9. The van der Waals surface area contributed by atoms with Crippen molar-refractivity contribution in [1.82, 2.24) is 9.21 Å². The van der Waals surface area contributed by atoms with Crippen LogP contribution in [0.3, 0.4) is 0 Å². The van der Waals surface area contributed by atoms with Crippen molar-refractivity contribution >= 4 is 15.9 Å². The summed E-state index contributed by atoms with van der Waals surface area (Å²) in [6.07, 6.45) is 0. The lowest BCUT2D eigenvalue weighted by Crippen LogP contribution is -2.50. The summed E-state index contributed by atoms with van der Waals surface area (Å²) in [5, 5.41) is 0. The number of nitrogens with zero attached hydrogens (tertiary/aromatic N) is 2. The molecule has 1 saturated heterocycles. The van der Waals surface area contributed by atoms with Gasteiger partial charge in [0, 0.05) is 37.8 Å². The van der Waals surface area contributed by atoms with Gasteiger partial charge in [-0.3, -0.25) is 4.79 Å². The lowest BCUT2D eigenvalue weighted by atomic mass is 10.2. The van der Waals surface area contributed by atoms with Crippen LogP contribution < -0.4 is 14.2 Å². The van der Waals surface area contributed by atoms with Crippen LogP contribution in [0.4, 0.5) is 4.39 Å². The first-order chi connectivity index (χ1) is 16.9. The largest absolute Gasteiger partial charge is 0.486 e. The number of benzene rings is 3. The van der Waals surface area contributed by atoms with Gasteiger partial charge >= 0.3 is 0 Å². The second-order valence-corrected chi connectivity index (χ2v) is 10.0. The Morgan fingerprint density at radius 3 is 2.06 bits per heavy atom. The molecule has 0 aromatic heterocycles. The van der Waals surface area contributed by atoms with Gasteiger partial charge in [-0.15, -0.1) is 0 Å². The minimum atomic E-state index is -3.73. The zero-order valence-corrected chi connectivity index (χ0v) is 19.5. The van der Waals surface area contributed by atoms with Crippen molar-refractivity contribution < 1.29 is 31.8 Å². The highest BCUT2D eigenvalue weighted by Crippen LogP contribution is 2.33. The fourth-order valence-electron chi connectivity index (χ4n) is 3.95. The number of carbonyl (C=O) groups excluding carboxylic acids is 1. The molecule has 0 bridgehead atoms. The summed E-state index contributed by atoms with van der Waals surface area (Å²) in [5.74, 6) is 1.41. The third-order valence-corrected chi connectivity index (χ3v) is 7.72. The zero-order valence-electron chi connectivity index (χ0n) is 18.7. The van der Waals surface area contributed by atoms with Gasteiger partial charge in [0.15, 0.2) is 11.5 Å². The van der Waals surface area contributed by atoms with Crippen molar-refractivity contribution in [2.24, 2.45) is 0 Å². The van der Waals surface area contributed by atoms with E-state index in [0.29, 0.717) is 41.8 Å². The first-order valence-corrected chi connectivity index (χ1v) is 12.6. The van der Waals surface area contributed by atoms with Gasteiger partial charge in [0.1, 0.15) is 30.5 Å². The number of rotatable bonds is 5. The molecular formula is C25H23FN2O6S. The lowest BCUT2D eigenvalue weighted by molar-refractivity contribution is 0.0698. The molecule has 3 aromatic rings. The van der Waals surface area contributed by atoms with E-state index in [0.717, 1.165) is 0 Å². The molecule has 3 aromatic carbocycles. The molecule has 35 heavy (non-hydrogen) atoms. The minimum absolute atomic E-state index is 0.137. The van der Waals surface area contributed by atoms with Gasteiger partial charge in [-0.25, -0.2) is 12.8 Å². The van der Waals surface area contributed by atoms with E-state index in [2.05, 4.69) is 0 Å². The average molecular weight is 499 g/mol. The van der Waals surface area contributed by atoms with Gasteiger partial charge in [-0.2, -0.15) is 4.31 Å². The van der Waals surface area contributed by atoms with Crippen molar-refractivity contribution in [2.45, 2.75) is 4.90 Å². The highest BCUT2D eigenvalue weighted by Gasteiger charge is 2.31. The fourth-order valence-corrected chi connectivity index (χ4v) is 5.39. The van der Waals surface area contributed by atoms with Crippen LogP contribution in [-0.4, -0.2) is 62.9 Å². The SMILES string of the molecule is O=C(c1ccc(Oc2ccc(F)cc2)cc1)N1CCN(S(=O)(=O)c2ccc3c(c2)OCCO3)CC1. The van der Waals surface area contributed by atoms with Crippen molar-refractivity contribution in [1.29, 1.82) is 0 Å². The number of sulfonamides is 1. The Balaban J connectivity index is 1.20. The fraction of sp³-hybridized carbons (Fsp3) is 0.240. The molecule has 8 nitrogen and oxygen atoms in total. The Kier molecular flexibility index (Phi) is 6.31. The molecule has 2 heterocycles. The normalized spacial score (nSPS) is 16.1. The molecular weight excluding hydrogens is 475 g/mol. The number of hydrogen-bond acceptors (Lipinski definition) is 6. The highest BCUT2D eigenvalue weighted by atomic mass is 32.2. The van der Waals surface area contributed by atoms with Crippen molar-refractivity contribution in [3.8, 4) is 23.0 Å². The predicted octanol–water partition coefficient (Wildman–Crippen LogP) is 3.54. The monoisotopic (exact) mass is 498 g/mol. The first-order valence-electron chi connectivity index (χ1n) is 11.1. The Labute approximate surface area is 202 Å². The Morgan fingerprint density at radius 1 is 0.800 bits per heavy atom. The first kappa shape index (κ1) is 23.1. The molecule has 0 saturated carbocycles. The Morgan fingerprint density at radius 2 is 1.40 bits per heavy atom. The molecule has 0 spiro atoms. The van der Waals surface area contributed by atoms with E-state index < -0.39 is 10.0 Å². The molecule has 0 unspecified atom stereocenters. The summed E-state index contributed by atoms with van der Waals surface area (Å²) in [4.78, 5) is 14.7. The highest BCUT2D eigenvalue weighted by molar-refractivity contribution is 7.89. The number of halogens is 1. The van der Waals surface area contributed by atoms with Crippen LogP contribution in [0.25, 0.3) is 0 Å². The van der Waals surface area contributed by atoms with Crippen LogP contribution in [0, 0.1) is 5.82 Å². The summed E-state index contributed by atoms with van der Waals surface area (Å²) >= 11 is 0. The Bertz CT molecular complexity index is 1320. The lowest BCUT2D eigenvalue weighted by Gasteiger charge is -2.34. The maximum absolute atomic E-state index is 13.1. The molecule has 5 rings (SSSR count). The van der Waals surface area contributed by atoms with Gasteiger partial charge in [-0.1, -0.05) is 0 Å². The molecule has 2 aliphatic heterocycles. The molecule has 1 fully saturated rings. The second kappa shape index (κ2) is 9.55. The molecule has 2 aliphatic rings. The number of hydrogen-bond donors (Lipinski definition) is 0. The quantitative estimate of drug-likeness (QED) is 0.535. The number of carbonyl (C=O) groups is 1. The molecule has 0 atom stereocenters. The van der Waals surface area contributed by atoms with Crippen LogP contribution in [0.15, 0.2) is 71.6 Å². The third kappa shape index (κ3) is 4.94. The van der Waals surface area contributed by atoms with Crippen LogP contribution in [0.5, 0.6) is 23.0 Å². The number of ether oxygens (including phenoxy) is 3. The topological polar surface area (TPSA) is 85.4 Å². The van der Waals surface area contributed by atoms with Gasteiger partial charge in [0.05, 0.1) is 4.90 Å². The van der Waals surface area contributed by atoms with E-state index in [1.165, 1.54) is 40.7 Å². The number of amides is 1. The molecule has 1 amide bonds. The van der Waals surface area contributed by atoms with E-state index >= 15 is 0 Å². The van der Waals surface area contributed by atoms with Gasteiger partial charge in [0.25, 0.3) is 5.91 Å². The molecule has 0 radical (unpaired) electrons. The van der Waals surface area contributed by atoms with Gasteiger partial charge < -0.3 is 19.1 Å². The van der Waals surface area contributed by atoms with Gasteiger partial charge in [-0.05, 0) is 60.7 Å². The van der Waals surface area contributed by atoms with Crippen LogP contribution in [0.2, 0.25) is 0 Å². The Hall–Kier alpha value is -3.63. The van der Waals surface area contributed by atoms with E-state index in [9.17, 15) is 17.6 Å². The number of piperazine rings is 1. The maximum atomic E-state index is 13.1. The van der Waals surface area contributed by atoms with Crippen molar-refractivity contribution in [3.63, 3.8) is 0 Å². The molecule has 0 N–H and O–H groups in total. The summed E-state index contributed by atoms with van der Waals surface area (Å²) < 4.78 is 57.3. The van der Waals surface area contributed by atoms with E-state index in [1.807, 2.05) is 0 Å². The smallest absolute Gasteiger partial charge is 0.253 e. The second-order valence-electron chi connectivity index (χ2n) is 8.08.